The summed E-state index contributed by atoms with van der Waals surface area (Å²) in [5.41, 5.74) is 1.49. The molecule has 100 valence electrons. The summed E-state index contributed by atoms with van der Waals surface area (Å²) in [4.78, 5) is 14.7. The summed E-state index contributed by atoms with van der Waals surface area (Å²) in [5.74, 6) is 0.775. The molecule has 3 rings (SSSR count). The standard InChI is InChI=1S/C15H17NO3/c17-15-12(11-16-6-9-18-10-7-16)5-8-19-14-4-2-1-3-13(14)15/h1-4,11H,5-10H2/b12-11+. The topological polar surface area (TPSA) is 38.8 Å². The molecule has 0 N–H and O–H groups in total. The highest BCUT2D eigenvalue weighted by molar-refractivity contribution is 6.10. The Bertz CT molecular complexity index is 504. The summed E-state index contributed by atoms with van der Waals surface area (Å²) in [5, 5.41) is 0. The third-order valence-electron chi connectivity index (χ3n) is 3.44. The molecule has 0 radical (unpaired) electrons. The molecule has 2 aliphatic rings. The van der Waals surface area contributed by atoms with Crippen LogP contribution in [0.2, 0.25) is 0 Å². The molecule has 1 saturated heterocycles. The van der Waals surface area contributed by atoms with Crippen molar-refractivity contribution in [1.82, 2.24) is 4.90 Å². The summed E-state index contributed by atoms with van der Waals surface area (Å²) in [6.45, 7) is 3.70. The van der Waals surface area contributed by atoms with Gasteiger partial charge in [-0.1, -0.05) is 12.1 Å². The normalized spacial score (nSPS) is 21.8. The van der Waals surface area contributed by atoms with Crippen molar-refractivity contribution in [2.45, 2.75) is 6.42 Å². The van der Waals surface area contributed by atoms with Gasteiger partial charge in [-0.2, -0.15) is 0 Å². The third-order valence-corrected chi connectivity index (χ3v) is 3.44. The monoisotopic (exact) mass is 259 g/mol. The third kappa shape index (κ3) is 2.63. The molecule has 4 heteroatoms. The molecule has 0 unspecified atom stereocenters. The maximum atomic E-state index is 12.5. The molecule has 0 aliphatic carbocycles. The first-order valence-electron chi connectivity index (χ1n) is 6.63. The van der Waals surface area contributed by atoms with Crippen LogP contribution in [0, 0.1) is 0 Å². The van der Waals surface area contributed by atoms with Crippen molar-refractivity contribution >= 4 is 5.78 Å². The summed E-state index contributed by atoms with van der Waals surface area (Å²) < 4.78 is 10.9. The number of hydrogen-bond acceptors (Lipinski definition) is 4. The van der Waals surface area contributed by atoms with Crippen molar-refractivity contribution in [3.63, 3.8) is 0 Å². The van der Waals surface area contributed by atoms with Gasteiger partial charge in [0.15, 0.2) is 5.78 Å². The lowest BCUT2D eigenvalue weighted by Crippen LogP contribution is -2.32. The Labute approximate surface area is 112 Å². The fourth-order valence-electron chi connectivity index (χ4n) is 2.39. The summed E-state index contributed by atoms with van der Waals surface area (Å²) >= 11 is 0. The van der Waals surface area contributed by atoms with E-state index in [1.807, 2.05) is 30.5 Å². The van der Waals surface area contributed by atoms with Crippen LogP contribution in [0.25, 0.3) is 0 Å². The number of rotatable bonds is 1. The molecule has 0 aromatic heterocycles. The Morgan fingerprint density at radius 2 is 1.89 bits per heavy atom. The predicted molar refractivity (Wildman–Crippen MR) is 71.4 cm³/mol. The number of morpholine rings is 1. The number of nitrogens with zero attached hydrogens (tertiary/aromatic N) is 1. The second-order valence-electron chi connectivity index (χ2n) is 4.73. The van der Waals surface area contributed by atoms with Gasteiger partial charge in [-0.15, -0.1) is 0 Å². The molecule has 4 nitrogen and oxygen atoms in total. The van der Waals surface area contributed by atoms with Crippen LogP contribution in [0.15, 0.2) is 36.0 Å². The van der Waals surface area contributed by atoms with Crippen LogP contribution in [-0.2, 0) is 4.74 Å². The Morgan fingerprint density at radius 3 is 2.74 bits per heavy atom. The molecular weight excluding hydrogens is 242 g/mol. The van der Waals surface area contributed by atoms with Gasteiger partial charge in [-0.05, 0) is 12.1 Å². The summed E-state index contributed by atoms with van der Waals surface area (Å²) in [6, 6.07) is 7.45. The molecular formula is C15H17NO3. The quantitative estimate of drug-likeness (QED) is 0.722. The van der Waals surface area contributed by atoms with Crippen LogP contribution in [0.5, 0.6) is 5.75 Å². The van der Waals surface area contributed by atoms with E-state index in [4.69, 9.17) is 9.47 Å². The van der Waals surface area contributed by atoms with Crippen LogP contribution in [0.1, 0.15) is 16.8 Å². The molecule has 0 amide bonds. The Kier molecular flexibility index (Phi) is 3.51. The van der Waals surface area contributed by atoms with E-state index in [1.54, 1.807) is 0 Å². The van der Waals surface area contributed by atoms with E-state index < -0.39 is 0 Å². The van der Waals surface area contributed by atoms with Gasteiger partial charge in [0.05, 0.1) is 25.4 Å². The van der Waals surface area contributed by atoms with Crippen molar-refractivity contribution in [2.24, 2.45) is 0 Å². The van der Waals surface area contributed by atoms with E-state index in [2.05, 4.69) is 4.90 Å². The lowest BCUT2D eigenvalue weighted by molar-refractivity contribution is 0.0586. The highest BCUT2D eigenvalue weighted by Crippen LogP contribution is 2.26. The van der Waals surface area contributed by atoms with Crippen molar-refractivity contribution in [2.75, 3.05) is 32.9 Å². The number of para-hydroxylation sites is 1. The van der Waals surface area contributed by atoms with Crippen LogP contribution < -0.4 is 4.74 Å². The van der Waals surface area contributed by atoms with Gasteiger partial charge in [0, 0.05) is 31.3 Å². The van der Waals surface area contributed by atoms with Crippen LogP contribution in [0.4, 0.5) is 0 Å². The van der Waals surface area contributed by atoms with Crippen molar-refractivity contribution < 1.29 is 14.3 Å². The highest BCUT2D eigenvalue weighted by atomic mass is 16.5. The molecule has 2 aliphatic heterocycles. The van der Waals surface area contributed by atoms with Gasteiger partial charge < -0.3 is 14.4 Å². The van der Waals surface area contributed by atoms with Gasteiger partial charge >= 0.3 is 0 Å². The lowest BCUT2D eigenvalue weighted by Gasteiger charge is -2.26. The molecule has 1 aromatic rings. The molecule has 0 saturated carbocycles. The minimum atomic E-state index is 0.0830. The predicted octanol–water partition coefficient (Wildman–Crippen LogP) is 1.87. The van der Waals surface area contributed by atoms with Gasteiger partial charge in [-0.3, -0.25) is 4.79 Å². The van der Waals surface area contributed by atoms with Gasteiger partial charge in [0.25, 0.3) is 0 Å². The van der Waals surface area contributed by atoms with Crippen LogP contribution >= 0.6 is 0 Å². The fraction of sp³-hybridized carbons (Fsp3) is 0.400. The molecule has 1 aromatic carbocycles. The Hall–Kier alpha value is -1.81. The largest absolute Gasteiger partial charge is 0.492 e. The number of Topliss-reactive ketones (excluding diaryl/α,β-unsaturated/α-hetero) is 1. The zero-order chi connectivity index (χ0) is 13.1. The van der Waals surface area contributed by atoms with Crippen LogP contribution in [-0.4, -0.2) is 43.6 Å². The first-order valence-corrected chi connectivity index (χ1v) is 6.63. The van der Waals surface area contributed by atoms with E-state index in [0.29, 0.717) is 24.3 Å². The maximum Gasteiger partial charge on any atom is 0.194 e. The number of carbonyl (C=O) groups excluding carboxylic acids is 1. The maximum absolute atomic E-state index is 12.5. The zero-order valence-electron chi connectivity index (χ0n) is 10.8. The van der Waals surface area contributed by atoms with E-state index in [0.717, 1.165) is 31.9 Å². The zero-order valence-corrected chi connectivity index (χ0v) is 10.8. The van der Waals surface area contributed by atoms with Gasteiger partial charge in [-0.25, -0.2) is 0 Å². The van der Waals surface area contributed by atoms with E-state index in [-0.39, 0.29) is 5.78 Å². The number of ether oxygens (including phenoxy) is 2. The average Bonchev–Trinajstić information content (AvgIpc) is 2.61. The molecule has 1 fully saturated rings. The number of ketones is 1. The lowest BCUT2D eigenvalue weighted by atomic mass is 10.0. The van der Waals surface area contributed by atoms with Gasteiger partial charge in [0.2, 0.25) is 0 Å². The molecule has 2 heterocycles. The number of benzene rings is 1. The van der Waals surface area contributed by atoms with Gasteiger partial charge in [0.1, 0.15) is 5.75 Å². The summed E-state index contributed by atoms with van der Waals surface area (Å²) in [6.07, 6.45) is 2.64. The molecule has 0 spiro atoms. The van der Waals surface area contributed by atoms with E-state index >= 15 is 0 Å². The highest BCUT2D eigenvalue weighted by Gasteiger charge is 2.21. The number of hydrogen-bond donors (Lipinski definition) is 0. The SMILES string of the molecule is O=C1/C(=C/N2CCOCC2)CCOc2ccccc21. The molecule has 0 atom stereocenters. The Morgan fingerprint density at radius 1 is 1.11 bits per heavy atom. The fourth-order valence-corrected chi connectivity index (χ4v) is 2.39. The van der Waals surface area contributed by atoms with Crippen LogP contribution in [0.3, 0.4) is 0 Å². The first-order chi connectivity index (χ1) is 9.34. The summed E-state index contributed by atoms with van der Waals surface area (Å²) in [7, 11) is 0. The minimum absolute atomic E-state index is 0.0830. The molecule has 0 bridgehead atoms. The van der Waals surface area contributed by atoms with E-state index in [1.165, 1.54) is 0 Å². The second kappa shape index (κ2) is 5.45. The second-order valence-corrected chi connectivity index (χ2v) is 4.73. The number of carbonyl (C=O) groups is 1. The average molecular weight is 259 g/mol. The number of fused-ring (bicyclic) bond motifs is 1. The minimum Gasteiger partial charge on any atom is -0.492 e. The molecule has 19 heavy (non-hydrogen) atoms. The van der Waals surface area contributed by atoms with Crippen molar-refractivity contribution in [3.8, 4) is 5.75 Å². The smallest absolute Gasteiger partial charge is 0.194 e. The van der Waals surface area contributed by atoms with Crippen molar-refractivity contribution in [1.29, 1.82) is 0 Å². The van der Waals surface area contributed by atoms with E-state index in [9.17, 15) is 4.79 Å². The first kappa shape index (κ1) is 12.2. The van der Waals surface area contributed by atoms with Crippen molar-refractivity contribution in [3.05, 3.63) is 41.6 Å². The Balaban J connectivity index is 1.86.